The molecule has 0 rings (SSSR count). The summed E-state index contributed by atoms with van der Waals surface area (Å²) in [5, 5.41) is 8.43. The van der Waals surface area contributed by atoms with Crippen LogP contribution in [0, 0.1) is 0 Å². The second kappa shape index (κ2) is 9.55. The molecule has 0 saturated heterocycles. The lowest BCUT2D eigenvalue weighted by Gasteiger charge is -2.08. The van der Waals surface area contributed by atoms with Crippen LogP contribution in [0.2, 0.25) is 0 Å². The first-order chi connectivity index (χ1) is 6.35. The van der Waals surface area contributed by atoms with Crippen LogP contribution in [0.4, 0.5) is 0 Å². The molecule has 78 valence electrons. The van der Waals surface area contributed by atoms with Gasteiger partial charge in [-0.05, 0) is 19.4 Å². The molecule has 3 nitrogen and oxygen atoms in total. The van der Waals surface area contributed by atoms with E-state index in [1.165, 1.54) is 0 Å². The average molecular weight is 188 g/mol. The van der Waals surface area contributed by atoms with Crippen LogP contribution in [0.1, 0.15) is 26.7 Å². The van der Waals surface area contributed by atoms with E-state index < -0.39 is 0 Å². The number of hydrogen-bond donors (Lipinski definition) is 1. The van der Waals surface area contributed by atoms with Gasteiger partial charge in [0.2, 0.25) is 0 Å². The highest BCUT2D eigenvalue weighted by molar-refractivity contribution is 4.89. The normalized spacial score (nSPS) is 11.8. The van der Waals surface area contributed by atoms with Crippen molar-refractivity contribution in [3.05, 3.63) is 11.8 Å². The maximum Gasteiger partial charge on any atom is 0.111 e. The lowest BCUT2D eigenvalue weighted by molar-refractivity contribution is 0.0520. The molecule has 0 aromatic carbocycles. The zero-order chi connectivity index (χ0) is 9.94. The minimum atomic E-state index is 0.0748. The van der Waals surface area contributed by atoms with Crippen molar-refractivity contribution in [2.45, 2.75) is 26.7 Å². The molecule has 0 fully saturated rings. The van der Waals surface area contributed by atoms with Gasteiger partial charge in [0.05, 0.1) is 25.6 Å². The lowest BCUT2D eigenvalue weighted by atomic mass is 10.3. The molecule has 0 unspecified atom stereocenters. The van der Waals surface area contributed by atoms with Crippen molar-refractivity contribution in [2.24, 2.45) is 0 Å². The Labute approximate surface area is 80.4 Å². The molecule has 0 heterocycles. The Kier molecular flexibility index (Phi) is 9.15. The molecule has 0 atom stereocenters. The van der Waals surface area contributed by atoms with E-state index in [9.17, 15) is 0 Å². The molecule has 0 aliphatic carbocycles. The summed E-state index contributed by atoms with van der Waals surface area (Å²) in [4.78, 5) is 0. The van der Waals surface area contributed by atoms with Crippen molar-refractivity contribution < 1.29 is 14.6 Å². The van der Waals surface area contributed by atoms with Gasteiger partial charge < -0.3 is 14.6 Å². The summed E-state index contributed by atoms with van der Waals surface area (Å²) in [6, 6.07) is 0. The van der Waals surface area contributed by atoms with Crippen LogP contribution in [0.5, 0.6) is 0 Å². The van der Waals surface area contributed by atoms with Gasteiger partial charge in [-0.2, -0.15) is 0 Å². The second-order valence-electron chi connectivity index (χ2n) is 2.69. The van der Waals surface area contributed by atoms with E-state index in [4.69, 9.17) is 14.6 Å². The van der Waals surface area contributed by atoms with E-state index in [2.05, 4.69) is 6.92 Å². The van der Waals surface area contributed by atoms with Gasteiger partial charge in [0, 0.05) is 6.42 Å². The second-order valence-corrected chi connectivity index (χ2v) is 2.69. The van der Waals surface area contributed by atoms with Crippen molar-refractivity contribution in [3.63, 3.8) is 0 Å². The van der Waals surface area contributed by atoms with Crippen LogP contribution >= 0.6 is 0 Å². The number of allylic oxidation sites excluding steroid dienone is 2. The number of ether oxygens (including phenoxy) is 2. The predicted octanol–water partition coefficient (Wildman–Crippen LogP) is 1.72. The Morgan fingerprint density at radius 2 is 2.08 bits per heavy atom. The molecule has 0 saturated carbocycles. The van der Waals surface area contributed by atoms with Gasteiger partial charge in [0.15, 0.2) is 0 Å². The molecule has 0 aliphatic heterocycles. The monoisotopic (exact) mass is 188 g/mol. The van der Waals surface area contributed by atoms with E-state index in [1.807, 2.05) is 13.0 Å². The smallest absolute Gasteiger partial charge is 0.111 e. The minimum absolute atomic E-state index is 0.0748. The van der Waals surface area contributed by atoms with Crippen molar-refractivity contribution in [1.82, 2.24) is 0 Å². The number of rotatable bonds is 8. The highest BCUT2D eigenvalue weighted by Gasteiger charge is 1.94. The van der Waals surface area contributed by atoms with Gasteiger partial charge in [-0.1, -0.05) is 6.92 Å². The number of hydrogen-bond acceptors (Lipinski definition) is 3. The Bertz CT molecular complexity index is 132. The Balaban J connectivity index is 3.29. The zero-order valence-corrected chi connectivity index (χ0v) is 8.58. The number of aliphatic hydroxyl groups excluding tert-OH is 1. The summed E-state index contributed by atoms with van der Waals surface area (Å²) in [6.07, 6.45) is 4.06. The molecular weight excluding hydrogens is 168 g/mol. The van der Waals surface area contributed by atoms with Gasteiger partial charge in [0.25, 0.3) is 0 Å². The van der Waals surface area contributed by atoms with E-state index in [1.54, 1.807) is 0 Å². The third kappa shape index (κ3) is 7.81. The highest BCUT2D eigenvalue weighted by atomic mass is 16.5. The first kappa shape index (κ1) is 12.5. The highest BCUT2D eigenvalue weighted by Crippen LogP contribution is 2.05. The third-order valence-corrected chi connectivity index (χ3v) is 1.57. The van der Waals surface area contributed by atoms with E-state index in [0.29, 0.717) is 19.8 Å². The van der Waals surface area contributed by atoms with Crippen LogP contribution in [-0.4, -0.2) is 31.5 Å². The van der Waals surface area contributed by atoms with E-state index in [0.717, 1.165) is 18.6 Å². The fraction of sp³-hybridized carbons (Fsp3) is 0.800. The molecule has 0 radical (unpaired) electrons. The molecule has 1 N–H and O–H groups in total. The van der Waals surface area contributed by atoms with Crippen molar-refractivity contribution in [3.8, 4) is 0 Å². The number of aliphatic hydroxyl groups is 1. The molecule has 13 heavy (non-hydrogen) atoms. The summed E-state index contributed by atoms with van der Waals surface area (Å²) in [6.45, 7) is 5.67. The van der Waals surface area contributed by atoms with Crippen LogP contribution in [0.3, 0.4) is 0 Å². The molecule has 0 bridgehead atoms. The SMILES string of the molecule is CC=C(CCC)OCCOCCO. The van der Waals surface area contributed by atoms with Crippen LogP contribution in [0.25, 0.3) is 0 Å². The molecule has 3 heteroatoms. The first-order valence-corrected chi connectivity index (χ1v) is 4.81. The van der Waals surface area contributed by atoms with Crippen LogP contribution in [0.15, 0.2) is 11.8 Å². The van der Waals surface area contributed by atoms with E-state index in [-0.39, 0.29) is 6.61 Å². The fourth-order valence-electron chi connectivity index (χ4n) is 0.945. The van der Waals surface area contributed by atoms with Gasteiger partial charge in [0.1, 0.15) is 6.61 Å². The average Bonchev–Trinajstić information content (AvgIpc) is 2.16. The Morgan fingerprint density at radius 1 is 1.31 bits per heavy atom. The lowest BCUT2D eigenvalue weighted by Crippen LogP contribution is -2.07. The summed E-state index contributed by atoms with van der Waals surface area (Å²) in [5.41, 5.74) is 0. The maximum atomic E-state index is 8.43. The van der Waals surface area contributed by atoms with Gasteiger partial charge in [-0.15, -0.1) is 0 Å². The molecule has 0 amide bonds. The van der Waals surface area contributed by atoms with Crippen molar-refractivity contribution in [1.29, 1.82) is 0 Å². The summed E-state index contributed by atoms with van der Waals surface area (Å²) in [5.74, 6) is 1.02. The molecular formula is C10H20O3. The Hall–Kier alpha value is -0.540. The van der Waals surface area contributed by atoms with Crippen molar-refractivity contribution in [2.75, 3.05) is 26.4 Å². The summed E-state index contributed by atoms with van der Waals surface area (Å²) in [7, 11) is 0. The fourth-order valence-corrected chi connectivity index (χ4v) is 0.945. The summed E-state index contributed by atoms with van der Waals surface area (Å²) < 4.78 is 10.5. The Morgan fingerprint density at radius 3 is 2.62 bits per heavy atom. The van der Waals surface area contributed by atoms with Gasteiger partial charge in [-0.25, -0.2) is 0 Å². The third-order valence-electron chi connectivity index (χ3n) is 1.57. The van der Waals surface area contributed by atoms with Crippen molar-refractivity contribution >= 4 is 0 Å². The molecule has 0 aromatic rings. The predicted molar refractivity (Wildman–Crippen MR) is 52.5 cm³/mol. The zero-order valence-electron chi connectivity index (χ0n) is 8.58. The van der Waals surface area contributed by atoms with Gasteiger partial charge >= 0.3 is 0 Å². The molecule has 0 spiro atoms. The topological polar surface area (TPSA) is 38.7 Å². The minimum Gasteiger partial charge on any atom is -0.496 e. The molecule has 0 aromatic heterocycles. The largest absolute Gasteiger partial charge is 0.496 e. The summed E-state index contributed by atoms with van der Waals surface area (Å²) >= 11 is 0. The first-order valence-electron chi connectivity index (χ1n) is 4.81. The van der Waals surface area contributed by atoms with E-state index >= 15 is 0 Å². The van der Waals surface area contributed by atoms with Crippen LogP contribution in [-0.2, 0) is 9.47 Å². The van der Waals surface area contributed by atoms with Gasteiger partial charge in [-0.3, -0.25) is 0 Å². The quantitative estimate of drug-likeness (QED) is 0.465. The standard InChI is InChI=1S/C10H20O3/c1-3-5-10(4-2)13-9-8-12-7-6-11/h4,11H,3,5-9H2,1-2H3. The van der Waals surface area contributed by atoms with Crippen LogP contribution < -0.4 is 0 Å². The molecule has 0 aliphatic rings. The maximum absolute atomic E-state index is 8.43.